The van der Waals surface area contributed by atoms with Crippen molar-refractivity contribution in [3.8, 4) is 0 Å². The zero-order chi connectivity index (χ0) is 14.8. The first-order valence-corrected chi connectivity index (χ1v) is 6.92. The van der Waals surface area contributed by atoms with Crippen molar-refractivity contribution >= 4 is 0 Å². The molecule has 0 bridgehead atoms. The lowest BCUT2D eigenvalue weighted by Gasteiger charge is -2.36. The van der Waals surface area contributed by atoms with E-state index in [1.54, 1.807) is 0 Å². The van der Waals surface area contributed by atoms with E-state index in [9.17, 15) is 13.2 Å². The average Bonchev–Trinajstić information content (AvgIpc) is 2.29. The molecule has 0 aromatic heterocycles. The summed E-state index contributed by atoms with van der Waals surface area (Å²) in [7, 11) is 0. The number of nitrogens with zero attached hydrogens (tertiary/aromatic N) is 1. The molecule has 1 aliphatic heterocycles. The first kappa shape index (κ1) is 15.3. The predicted molar refractivity (Wildman–Crippen MR) is 73.2 cm³/mol. The molecule has 1 aliphatic rings. The maximum Gasteiger partial charge on any atom is 0.389 e. The van der Waals surface area contributed by atoms with Gasteiger partial charge in [-0.2, -0.15) is 13.2 Å². The Labute approximate surface area is 117 Å². The molecule has 1 saturated heterocycles. The molecule has 0 spiro atoms. The van der Waals surface area contributed by atoms with Crippen LogP contribution < -0.4 is 5.73 Å². The lowest BCUT2D eigenvalue weighted by molar-refractivity contribution is -0.148. The Morgan fingerprint density at radius 3 is 2.45 bits per heavy atom. The summed E-state index contributed by atoms with van der Waals surface area (Å²) >= 11 is 0. The van der Waals surface area contributed by atoms with Crippen molar-refractivity contribution < 1.29 is 13.2 Å². The molecule has 2 N–H and O–H groups in total. The van der Waals surface area contributed by atoms with Gasteiger partial charge in [0.1, 0.15) is 0 Å². The number of hydrogen-bond donors (Lipinski definition) is 1. The van der Waals surface area contributed by atoms with E-state index in [1.807, 2.05) is 36.1 Å². The second kappa shape index (κ2) is 6.14. The van der Waals surface area contributed by atoms with E-state index in [2.05, 4.69) is 0 Å². The average molecular weight is 286 g/mol. The number of aryl methyl sites for hydroxylation is 1. The molecular weight excluding hydrogens is 265 g/mol. The third kappa shape index (κ3) is 4.80. The zero-order valence-electron chi connectivity index (χ0n) is 11.7. The lowest BCUT2D eigenvalue weighted by atomic mass is 9.91. The molecule has 1 aromatic carbocycles. The van der Waals surface area contributed by atoms with Crippen molar-refractivity contribution in [3.63, 3.8) is 0 Å². The molecule has 0 amide bonds. The van der Waals surface area contributed by atoms with Gasteiger partial charge >= 0.3 is 6.18 Å². The minimum atomic E-state index is -4.10. The van der Waals surface area contributed by atoms with Crippen LogP contribution in [0.2, 0.25) is 0 Å². The number of rotatable bonds is 3. The first-order valence-electron chi connectivity index (χ1n) is 6.92. The fourth-order valence-corrected chi connectivity index (χ4v) is 2.90. The molecule has 2 rings (SSSR count). The van der Waals surface area contributed by atoms with Crippen LogP contribution in [0.15, 0.2) is 24.3 Å². The van der Waals surface area contributed by atoms with Crippen LogP contribution in [0.3, 0.4) is 0 Å². The van der Waals surface area contributed by atoms with Gasteiger partial charge in [-0.1, -0.05) is 29.8 Å². The minimum Gasteiger partial charge on any atom is -0.327 e. The van der Waals surface area contributed by atoms with E-state index in [0.717, 1.165) is 5.56 Å². The van der Waals surface area contributed by atoms with Gasteiger partial charge < -0.3 is 5.73 Å². The highest BCUT2D eigenvalue weighted by molar-refractivity contribution is 5.21. The van der Waals surface area contributed by atoms with E-state index in [4.69, 9.17) is 5.73 Å². The quantitative estimate of drug-likeness (QED) is 0.925. The molecule has 2 unspecified atom stereocenters. The number of piperidine rings is 1. The summed E-state index contributed by atoms with van der Waals surface area (Å²) in [6.45, 7) is 3.83. The number of halogens is 3. The summed E-state index contributed by atoms with van der Waals surface area (Å²) in [6.07, 6.45) is -4.37. The topological polar surface area (TPSA) is 29.3 Å². The van der Waals surface area contributed by atoms with Crippen LogP contribution in [0.1, 0.15) is 24.0 Å². The highest BCUT2D eigenvalue weighted by atomic mass is 19.4. The number of hydrogen-bond acceptors (Lipinski definition) is 2. The van der Waals surface area contributed by atoms with Crippen molar-refractivity contribution in [1.29, 1.82) is 0 Å². The van der Waals surface area contributed by atoms with Crippen molar-refractivity contribution in [2.24, 2.45) is 11.7 Å². The number of nitrogens with two attached hydrogens (primary N) is 1. The Bertz CT molecular complexity index is 428. The Kier molecular flexibility index (Phi) is 4.70. The van der Waals surface area contributed by atoms with Gasteiger partial charge in [-0.25, -0.2) is 0 Å². The molecule has 0 radical (unpaired) electrons. The van der Waals surface area contributed by atoms with E-state index in [1.165, 1.54) is 5.56 Å². The Morgan fingerprint density at radius 2 is 1.85 bits per heavy atom. The number of alkyl halides is 3. The summed E-state index contributed by atoms with van der Waals surface area (Å²) in [5.74, 6) is -0.385. The van der Waals surface area contributed by atoms with Gasteiger partial charge in [-0.15, -0.1) is 0 Å². The smallest absolute Gasteiger partial charge is 0.327 e. The van der Waals surface area contributed by atoms with Crippen LogP contribution in [0.5, 0.6) is 0 Å². The SMILES string of the molecule is Cc1ccc(CN2CC(N)CC(CC(F)(F)F)C2)cc1. The fraction of sp³-hybridized carbons (Fsp3) is 0.600. The van der Waals surface area contributed by atoms with Crippen molar-refractivity contribution in [3.05, 3.63) is 35.4 Å². The summed E-state index contributed by atoms with van der Waals surface area (Å²) in [4.78, 5) is 2.04. The van der Waals surface area contributed by atoms with Crippen LogP contribution in [0.25, 0.3) is 0 Å². The van der Waals surface area contributed by atoms with E-state index >= 15 is 0 Å². The molecule has 2 atom stereocenters. The van der Waals surface area contributed by atoms with Gasteiger partial charge in [0.2, 0.25) is 0 Å². The summed E-state index contributed by atoms with van der Waals surface area (Å²) in [6, 6.07) is 7.92. The molecule has 0 aliphatic carbocycles. The van der Waals surface area contributed by atoms with E-state index < -0.39 is 12.6 Å². The van der Waals surface area contributed by atoms with Crippen LogP contribution >= 0.6 is 0 Å². The minimum absolute atomic E-state index is 0.165. The molecular formula is C15H21F3N2. The van der Waals surface area contributed by atoms with E-state index in [0.29, 0.717) is 26.1 Å². The van der Waals surface area contributed by atoms with Gasteiger partial charge in [0, 0.05) is 32.1 Å². The standard InChI is InChI=1S/C15H21F3N2/c1-11-2-4-12(5-3-11)8-20-9-13(6-14(19)10-20)7-15(16,17)18/h2-5,13-14H,6-10,19H2,1H3. The van der Waals surface area contributed by atoms with E-state index in [-0.39, 0.29) is 12.0 Å². The third-order valence-electron chi connectivity index (χ3n) is 3.69. The molecule has 0 saturated carbocycles. The Hall–Kier alpha value is -1.07. The molecule has 1 aromatic rings. The Morgan fingerprint density at radius 1 is 1.20 bits per heavy atom. The fourth-order valence-electron chi connectivity index (χ4n) is 2.90. The largest absolute Gasteiger partial charge is 0.389 e. The molecule has 20 heavy (non-hydrogen) atoms. The van der Waals surface area contributed by atoms with Crippen LogP contribution in [0.4, 0.5) is 13.2 Å². The summed E-state index contributed by atoms with van der Waals surface area (Å²) in [5, 5.41) is 0. The number of benzene rings is 1. The summed E-state index contributed by atoms with van der Waals surface area (Å²) in [5.41, 5.74) is 8.20. The third-order valence-corrected chi connectivity index (χ3v) is 3.69. The Balaban J connectivity index is 1.95. The predicted octanol–water partition coefficient (Wildman–Crippen LogP) is 3.10. The zero-order valence-corrected chi connectivity index (χ0v) is 11.7. The van der Waals surface area contributed by atoms with Crippen molar-refractivity contribution in [2.45, 2.75) is 38.5 Å². The van der Waals surface area contributed by atoms with Crippen LogP contribution in [-0.2, 0) is 6.54 Å². The van der Waals surface area contributed by atoms with Gasteiger partial charge in [0.25, 0.3) is 0 Å². The van der Waals surface area contributed by atoms with Gasteiger partial charge in [0.15, 0.2) is 0 Å². The van der Waals surface area contributed by atoms with Crippen LogP contribution in [0, 0.1) is 12.8 Å². The monoisotopic (exact) mass is 286 g/mol. The second-order valence-electron chi connectivity index (χ2n) is 5.86. The van der Waals surface area contributed by atoms with Crippen molar-refractivity contribution in [1.82, 2.24) is 4.90 Å². The maximum atomic E-state index is 12.5. The second-order valence-corrected chi connectivity index (χ2v) is 5.86. The normalized spacial score (nSPS) is 24.9. The maximum absolute atomic E-state index is 12.5. The molecule has 112 valence electrons. The van der Waals surface area contributed by atoms with Crippen LogP contribution in [-0.4, -0.2) is 30.2 Å². The summed E-state index contributed by atoms with van der Waals surface area (Å²) < 4.78 is 37.5. The number of likely N-dealkylation sites (tertiary alicyclic amines) is 1. The highest BCUT2D eigenvalue weighted by Gasteiger charge is 2.35. The van der Waals surface area contributed by atoms with Gasteiger partial charge in [0.05, 0.1) is 0 Å². The highest BCUT2D eigenvalue weighted by Crippen LogP contribution is 2.30. The first-order chi connectivity index (χ1) is 9.32. The molecule has 1 fully saturated rings. The van der Waals surface area contributed by atoms with Gasteiger partial charge in [-0.05, 0) is 24.8 Å². The lowest BCUT2D eigenvalue weighted by Crippen LogP contribution is -2.47. The molecule has 2 nitrogen and oxygen atoms in total. The van der Waals surface area contributed by atoms with Crippen molar-refractivity contribution in [2.75, 3.05) is 13.1 Å². The molecule has 5 heteroatoms. The molecule has 1 heterocycles. The van der Waals surface area contributed by atoms with Gasteiger partial charge in [-0.3, -0.25) is 4.90 Å².